The Morgan fingerprint density at radius 2 is 1.81 bits per heavy atom. The summed E-state index contributed by atoms with van der Waals surface area (Å²) in [5.74, 6) is -1.52. The van der Waals surface area contributed by atoms with Crippen molar-refractivity contribution in [2.24, 2.45) is 0 Å². The number of carbonyl (C=O) groups is 2. The number of amides is 1. The second-order valence-corrected chi connectivity index (χ2v) is 5.24. The minimum absolute atomic E-state index is 0.0592. The monoisotopic (exact) mass is 312 g/mol. The smallest absolute Gasteiger partial charge is 0.303 e. The first-order chi connectivity index (χ1) is 10.0. The minimum atomic E-state index is -0.766. The summed E-state index contributed by atoms with van der Waals surface area (Å²) >= 11 is 5.75. The molecule has 5 nitrogen and oxygen atoms in total. The average Bonchev–Trinajstić information content (AvgIpc) is 2.43. The summed E-state index contributed by atoms with van der Waals surface area (Å²) in [4.78, 5) is 22.1. The van der Waals surface area contributed by atoms with Crippen molar-refractivity contribution in [3.63, 3.8) is 0 Å². The van der Waals surface area contributed by atoms with Crippen molar-refractivity contribution < 1.29 is 19.8 Å². The summed E-state index contributed by atoms with van der Waals surface area (Å²) < 4.78 is 0. The number of halogens is 1. The number of carboxylic acid groups (broad SMARTS) is 1. The van der Waals surface area contributed by atoms with Crippen LogP contribution < -0.4 is 10.4 Å². The molecule has 0 aromatic heterocycles. The lowest BCUT2D eigenvalue weighted by atomic mass is 10.1. The van der Waals surface area contributed by atoms with Gasteiger partial charge in [-0.1, -0.05) is 42.7 Å². The van der Waals surface area contributed by atoms with E-state index < -0.39 is 11.9 Å². The summed E-state index contributed by atoms with van der Waals surface area (Å²) in [7, 11) is 0. The number of aliphatic carboxylic acids is 1. The molecule has 0 aliphatic heterocycles. The predicted octanol–water partition coefficient (Wildman–Crippen LogP) is 2.57. The SMILES string of the molecule is O=C(O)CCCCCCCNC(=O)c1cc(Cl)ccc1[O-]. The van der Waals surface area contributed by atoms with Crippen LogP contribution in [0.1, 0.15) is 48.9 Å². The summed E-state index contributed by atoms with van der Waals surface area (Å²) in [6.07, 6.45) is 4.42. The van der Waals surface area contributed by atoms with Crippen LogP contribution in [0.25, 0.3) is 0 Å². The number of hydrogen-bond donors (Lipinski definition) is 2. The van der Waals surface area contributed by atoms with Crippen LogP contribution in [-0.2, 0) is 4.79 Å². The third-order valence-corrected chi connectivity index (χ3v) is 3.27. The van der Waals surface area contributed by atoms with Crippen LogP contribution in [0.2, 0.25) is 5.02 Å². The van der Waals surface area contributed by atoms with Crippen molar-refractivity contribution in [1.82, 2.24) is 5.32 Å². The molecule has 0 fully saturated rings. The highest BCUT2D eigenvalue weighted by molar-refractivity contribution is 6.31. The number of hydrogen-bond acceptors (Lipinski definition) is 3. The Balaban J connectivity index is 2.16. The molecular formula is C15H19ClNO4-. The molecule has 2 N–H and O–H groups in total. The van der Waals surface area contributed by atoms with Gasteiger partial charge in [-0.15, -0.1) is 0 Å². The average molecular weight is 313 g/mol. The fraction of sp³-hybridized carbons (Fsp3) is 0.467. The number of rotatable bonds is 9. The predicted molar refractivity (Wildman–Crippen MR) is 78.6 cm³/mol. The first-order valence-electron chi connectivity index (χ1n) is 6.97. The lowest BCUT2D eigenvalue weighted by Gasteiger charge is -2.13. The number of nitrogens with one attached hydrogen (secondary N) is 1. The molecular weight excluding hydrogens is 294 g/mol. The number of unbranched alkanes of at least 4 members (excludes halogenated alkanes) is 4. The van der Waals surface area contributed by atoms with Gasteiger partial charge in [-0.05, 0) is 25.0 Å². The Kier molecular flexibility index (Phi) is 7.61. The molecule has 0 aliphatic rings. The van der Waals surface area contributed by atoms with Crippen molar-refractivity contribution in [3.8, 4) is 5.75 Å². The standard InChI is InChI=1S/C15H20ClNO4/c16-11-7-8-13(18)12(10-11)15(21)17-9-5-3-1-2-4-6-14(19)20/h7-8,10,18H,1-6,9H2,(H,17,21)(H,19,20)/p-1. The van der Waals surface area contributed by atoms with Crippen molar-refractivity contribution >= 4 is 23.5 Å². The highest BCUT2D eigenvalue weighted by Gasteiger charge is 2.06. The zero-order valence-corrected chi connectivity index (χ0v) is 12.5. The molecule has 0 saturated carbocycles. The molecule has 1 aromatic carbocycles. The van der Waals surface area contributed by atoms with E-state index in [2.05, 4.69) is 5.32 Å². The zero-order valence-electron chi connectivity index (χ0n) is 11.7. The maximum absolute atomic E-state index is 11.8. The first-order valence-corrected chi connectivity index (χ1v) is 7.35. The molecule has 0 radical (unpaired) electrons. The number of carboxylic acids is 1. The molecule has 0 saturated heterocycles. The lowest BCUT2D eigenvalue weighted by Crippen LogP contribution is -2.25. The molecule has 0 bridgehead atoms. The lowest BCUT2D eigenvalue weighted by molar-refractivity contribution is -0.268. The highest BCUT2D eigenvalue weighted by Crippen LogP contribution is 2.18. The number of benzene rings is 1. The fourth-order valence-corrected chi connectivity index (χ4v) is 2.08. The molecule has 0 heterocycles. The van der Waals surface area contributed by atoms with Crippen LogP contribution >= 0.6 is 11.6 Å². The molecule has 1 rings (SSSR count). The van der Waals surface area contributed by atoms with E-state index in [1.807, 2.05) is 0 Å². The van der Waals surface area contributed by atoms with Gasteiger partial charge in [0.2, 0.25) is 0 Å². The van der Waals surface area contributed by atoms with E-state index in [-0.39, 0.29) is 17.7 Å². The van der Waals surface area contributed by atoms with E-state index in [9.17, 15) is 14.7 Å². The topological polar surface area (TPSA) is 89.5 Å². The first kappa shape index (κ1) is 17.3. The van der Waals surface area contributed by atoms with E-state index in [1.165, 1.54) is 18.2 Å². The molecule has 116 valence electrons. The normalized spacial score (nSPS) is 10.3. The van der Waals surface area contributed by atoms with Gasteiger partial charge in [0.15, 0.2) is 0 Å². The minimum Gasteiger partial charge on any atom is -0.872 e. The van der Waals surface area contributed by atoms with Crippen LogP contribution in [0.5, 0.6) is 5.75 Å². The highest BCUT2D eigenvalue weighted by atomic mass is 35.5. The van der Waals surface area contributed by atoms with Crippen LogP contribution in [0, 0.1) is 0 Å². The molecule has 6 heteroatoms. The van der Waals surface area contributed by atoms with E-state index >= 15 is 0 Å². The van der Waals surface area contributed by atoms with E-state index in [1.54, 1.807) is 0 Å². The largest absolute Gasteiger partial charge is 0.872 e. The molecule has 1 aromatic rings. The van der Waals surface area contributed by atoms with Gasteiger partial charge in [0.25, 0.3) is 5.91 Å². The quantitative estimate of drug-likeness (QED) is 0.686. The Morgan fingerprint density at radius 3 is 2.52 bits per heavy atom. The molecule has 0 spiro atoms. The zero-order chi connectivity index (χ0) is 15.7. The van der Waals surface area contributed by atoms with Gasteiger partial charge in [-0.25, -0.2) is 0 Å². The Morgan fingerprint density at radius 1 is 1.14 bits per heavy atom. The van der Waals surface area contributed by atoms with Gasteiger partial charge in [0.05, 0.1) is 0 Å². The van der Waals surface area contributed by atoms with Crippen LogP contribution in [0.4, 0.5) is 0 Å². The fourth-order valence-electron chi connectivity index (χ4n) is 1.91. The van der Waals surface area contributed by atoms with Crippen LogP contribution in [-0.4, -0.2) is 23.5 Å². The van der Waals surface area contributed by atoms with Crippen LogP contribution in [0.3, 0.4) is 0 Å². The molecule has 0 unspecified atom stereocenters. The summed E-state index contributed by atoms with van der Waals surface area (Å²) in [6, 6.07) is 4.10. The van der Waals surface area contributed by atoms with Gasteiger partial charge in [-0.3, -0.25) is 9.59 Å². The maximum atomic E-state index is 11.8. The second-order valence-electron chi connectivity index (χ2n) is 4.81. The van der Waals surface area contributed by atoms with Gasteiger partial charge < -0.3 is 15.5 Å². The van der Waals surface area contributed by atoms with E-state index in [0.717, 1.165) is 25.7 Å². The maximum Gasteiger partial charge on any atom is 0.303 e. The Bertz CT molecular complexity index is 491. The van der Waals surface area contributed by atoms with Gasteiger partial charge in [0, 0.05) is 23.6 Å². The van der Waals surface area contributed by atoms with Crippen molar-refractivity contribution in [2.45, 2.75) is 38.5 Å². The van der Waals surface area contributed by atoms with Crippen molar-refractivity contribution in [1.29, 1.82) is 0 Å². The summed E-state index contributed by atoms with van der Waals surface area (Å²) in [5.41, 5.74) is 0.0592. The van der Waals surface area contributed by atoms with Crippen LogP contribution in [0.15, 0.2) is 18.2 Å². The third-order valence-electron chi connectivity index (χ3n) is 3.04. The molecule has 1 amide bonds. The molecule has 21 heavy (non-hydrogen) atoms. The molecule has 0 aliphatic carbocycles. The Labute approximate surface area is 128 Å². The van der Waals surface area contributed by atoms with Gasteiger partial charge in [0.1, 0.15) is 0 Å². The Hall–Kier alpha value is -1.75. The van der Waals surface area contributed by atoms with E-state index in [4.69, 9.17) is 16.7 Å². The number of carbonyl (C=O) groups excluding carboxylic acids is 1. The molecule has 0 atom stereocenters. The third kappa shape index (κ3) is 6.99. The van der Waals surface area contributed by atoms with Gasteiger partial charge in [-0.2, -0.15) is 0 Å². The van der Waals surface area contributed by atoms with E-state index in [0.29, 0.717) is 18.0 Å². The second kappa shape index (κ2) is 9.23. The van der Waals surface area contributed by atoms with Crippen molar-refractivity contribution in [3.05, 3.63) is 28.8 Å². The van der Waals surface area contributed by atoms with Gasteiger partial charge >= 0.3 is 5.97 Å². The van der Waals surface area contributed by atoms with Crippen molar-refractivity contribution in [2.75, 3.05) is 6.54 Å². The summed E-state index contributed by atoms with van der Waals surface area (Å²) in [6.45, 7) is 0.490. The summed E-state index contributed by atoms with van der Waals surface area (Å²) in [5, 5.41) is 23.0.